The summed E-state index contributed by atoms with van der Waals surface area (Å²) in [4.78, 5) is 0. The van der Waals surface area contributed by atoms with Gasteiger partial charge in [-0.05, 0) is 35.8 Å². The Bertz CT molecular complexity index is 546. The van der Waals surface area contributed by atoms with E-state index in [9.17, 15) is 8.42 Å². The van der Waals surface area contributed by atoms with Crippen LogP contribution in [0, 0.1) is 5.92 Å². The summed E-state index contributed by atoms with van der Waals surface area (Å²) < 4.78 is 27.2. The van der Waals surface area contributed by atoms with Gasteiger partial charge < -0.3 is 5.32 Å². The molecule has 1 aliphatic carbocycles. The summed E-state index contributed by atoms with van der Waals surface area (Å²) in [6.07, 6.45) is 4.80. The van der Waals surface area contributed by atoms with Gasteiger partial charge in [0.25, 0.3) is 10.0 Å². The summed E-state index contributed by atoms with van der Waals surface area (Å²) in [5.74, 6) is 0.534. The van der Waals surface area contributed by atoms with Crippen LogP contribution in [0.1, 0.15) is 45.1 Å². The lowest BCUT2D eigenvalue weighted by molar-refractivity contribution is 0.388. The first-order chi connectivity index (χ1) is 9.89. The van der Waals surface area contributed by atoms with E-state index in [-0.39, 0.29) is 0 Å². The van der Waals surface area contributed by atoms with Gasteiger partial charge in [0.15, 0.2) is 0 Å². The van der Waals surface area contributed by atoms with E-state index in [1.807, 2.05) is 5.38 Å². The van der Waals surface area contributed by atoms with Gasteiger partial charge in [0, 0.05) is 26.2 Å². The van der Waals surface area contributed by atoms with E-state index in [0.717, 1.165) is 24.9 Å². The largest absolute Gasteiger partial charge is 0.310 e. The van der Waals surface area contributed by atoms with Crippen molar-refractivity contribution >= 4 is 21.4 Å². The SMILES string of the molecule is CC(C)NCc1csc(S(=O)(=O)N(C)CC2CCCC2)c1. The maximum atomic E-state index is 12.6. The molecule has 0 unspecified atom stereocenters. The first kappa shape index (κ1) is 16.9. The molecule has 1 N–H and O–H groups in total. The van der Waals surface area contributed by atoms with Gasteiger partial charge in [-0.1, -0.05) is 26.7 Å². The van der Waals surface area contributed by atoms with Gasteiger partial charge in [-0.3, -0.25) is 0 Å². The first-order valence-electron chi connectivity index (χ1n) is 7.66. The Labute approximate surface area is 132 Å². The fourth-order valence-corrected chi connectivity index (χ4v) is 5.38. The topological polar surface area (TPSA) is 49.4 Å². The number of thiophene rings is 1. The molecule has 6 heteroatoms. The normalized spacial score (nSPS) is 17.2. The van der Waals surface area contributed by atoms with Crippen LogP contribution in [-0.2, 0) is 16.6 Å². The number of nitrogens with one attached hydrogen (secondary N) is 1. The molecule has 0 radical (unpaired) electrons. The van der Waals surface area contributed by atoms with E-state index >= 15 is 0 Å². The van der Waals surface area contributed by atoms with Gasteiger partial charge in [-0.15, -0.1) is 11.3 Å². The molecule has 0 spiro atoms. The third-order valence-corrected chi connectivity index (χ3v) is 7.29. The molecule has 0 aliphatic heterocycles. The molecular formula is C15H26N2O2S2. The Kier molecular flexibility index (Phi) is 5.82. The molecule has 2 rings (SSSR count). The lowest BCUT2D eigenvalue weighted by atomic mass is 10.1. The molecule has 0 atom stereocenters. The third-order valence-electron chi connectivity index (χ3n) is 4.00. The maximum Gasteiger partial charge on any atom is 0.252 e. The van der Waals surface area contributed by atoms with Crippen LogP contribution >= 0.6 is 11.3 Å². The molecule has 1 aromatic heterocycles. The highest BCUT2D eigenvalue weighted by Crippen LogP contribution is 2.28. The smallest absolute Gasteiger partial charge is 0.252 e. The van der Waals surface area contributed by atoms with Gasteiger partial charge >= 0.3 is 0 Å². The van der Waals surface area contributed by atoms with Crippen molar-refractivity contribution in [2.45, 2.75) is 56.3 Å². The minimum atomic E-state index is -3.32. The van der Waals surface area contributed by atoms with E-state index in [1.165, 1.54) is 28.5 Å². The van der Waals surface area contributed by atoms with Gasteiger partial charge in [0.1, 0.15) is 4.21 Å². The van der Waals surface area contributed by atoms with Crippen molar-refractivity contribution in [2.24, 2.45) is 5.92 Å². The lowest BCUT2D eigenvalue weighted by Gasteiger charge is -2.19. The molecule has 120 valence electrons. The van der Waals surface area contributed by atoms with Crippen molar-refractivity contribution in [1.82, 2.24) is 9.62 Å². The number of hydrogen-bond donors (Lipinski definition) is 1. The molecule has 0 saturated heterocycles. The minimum Gasteiger partial charge on any atom is -0.310 e. The summed E-state index contributed by atoms with van der Waals surface area (Å²) in [5.41, 5.74) is 1.04. The second kappa shape index (κ2) is 7.22. The summed E-state index contributed by atoms with van der Waals surface area (Å²) in [6.45, 7) is 5.54. The second-order valence-electron chi connectivity index (χ2n) is 6.25. The Morgan fingerprint density at radius 2 is 2.05 bits per heavy atom. The maximum absolute atomic E-state index is 12.6. The fourth-order valence-electron chi connectivity index (χ4n) is 2.71. The molecular weight excluding hydrogens is 304 g/mol. The zero-order chi connectivity index (χ0) is 15.5. The van der Waals surface area contributed by atoms with E-state index in [4.69, 9.17) is 0 Å². The summed E-state index contributed by atoms with van der Waals surface area (Å²) in [7, 11) is -1.61. The molecule has 1 heterocycles. The number of nitrogens with zero attached hydrogens (tertiary/aromatic N) is 1. The van der Waals surface area contributed by atoms with Gasteiger partial charge in [0.2, 0.25) is 0 Å². The van der Waals surface area contributed by atoms with Crippen molar-refractivity contribution < 1.29 is 8.42 Å². The fraction of sp³-hybridized carbons (Fsp3) is 0.733. The van der Waals surface area contributed by atoms with Crippen LogP contribution in [0.4, 0.5) is 0 Å². The predicted octanol–water partition coefficient (Wildman–Crippen LogP) is 3.06. The number of rotatable bonds is 7. The van der Waals surface area contributed by atoms with Crippen molar-refractivity contribution in [2.75, 3.05) is 13.6 Å². The Morgan fingerprint density at radius 3 is 2.67 bits per heavy atom. The van der Waals surface area contributed by atoms with Crippen molar-refractivity contribution in [3.63, 3.8) is 0 Å². The molecule has 1 fully saturated rings. The monoisotopic (exact) mass is 330 g/mol. The molecule has 0 bridgehead atoms. The van der Waals surface area contributed by atoms with Gasteiger partial charge in [0.05, 0.1) is 0 Å². The molecule has 0 aromatic carbocycles. The van der Waals surface area contributed by atoms with Crippen molar-refractivity contribution in [3.8, 4) is 0 Å². The third kappa shape index (κ3) is 4.52. The summed E-state index contributed by atoms with van der Waals surface area (Å²) in [6, 6.07) is 2.20. The van der Waals surface area contributed by atoms with E-state index in [2.05, 4.69) is 19.2 Å². The summed E-state index contributed by atoms with van der Waals surface area (Å²) >= 11 is 1.32. The van der Waals surface area contributed by atoms with E-state index < -0.39 is 10.0 Å². The highest BCUT2D eigenvalue weighted by Gasteiger charge is 2.26. The van der Waals surface area contributed by atoms with Crippen molar-refractivity contribution in [1.29, 1.82) is 0 Å². The number of hydrogen-bond acceptors (Lipinski definition) is 4. The predicted molar refractivity (Wildman–Crippen MR) is 88.1 cm³/mol. The van der Waals surface area contributed by atoms with Crippen LogP contribution in [0.25, 0.3) is 0 Å². The molecule has 1 saturated carbocycles. The Balaban J connectivity index is 2.00. The van der Waals surface area contributed by atoms with Crippen LogP contribution in [-0.4, -0.2) is 32.4 Å². The molecule has 4 nitrogen and oxygen atoms in total. The molecule has 0 amide bonds. The molecule has 1 aromatic rings. The highest BCUT2D eigenvalue weighted by atomic mass is 32.2. The quantitative estimate of drug-likeness (QED) is 0.836. The summed E-state index contributed by atoms with van der Waals surface area (Å²) in [5, 5.41) is 5.25. The van der Waals surface area contributed by atoms with Gasteiger partial charge in [-0.2, -0.15) is 4.31 Å². The van der Waals surface area contributed by atoms with Gasteiger partial charge in [-0.25, -0.2) is 8.42 Å². The van der Waals surface area contributed by atoms with E-state index in [1.54, 1.807) is 13.1 Å². The van der Waals surface area contributed by atoms with Crippen LogP contribution in [0.3, 0.4) is 0 Å². The van der Waals surface area contributed by atoms with Crippen LogP contribution in [0.15, 0.2) is 15.7 Å². The van der Waals surface area contributed by atoms with Crippen LogP contribution in [0.2, 0.25) is 0 Å². The average molecular weight is 331 g/mol. The van der Waals surface area contributed by atoms with Crippen molar-refractivity contribution in [3.05, 3.63) is 17.0 Å². The first-order valence-corrected chi connectivity index (χ1v) is 9.98. The number of sulfonamides is 1. The Hall–Kier alpha value is -0.430. The lowest BCUT2D eigenvalue weighted by Crippen LogP contribution is -2.30. The zero-order valence-corrected chi connectivity index (χ0v) is 14.8. The Morgan fingerprint density at radius 1 is 1.38 bits per heavy atom. The molecule has 21 heavy (non-hydrogen) atoms. The highest BCUT2D eigenvalue weighted by molar-refractivity contribution is 7.91. The standard InChI is InChI=1S/C15H26N2O2S2/c1-12(2)16-9-14-8-15(20-11-14)21(18,19)17(3)10-13-6-4-5-7-13/h8,11-13,16H,4-7,9-10H2,1-3H3. The second-order valence-corrected chi connectivity index (χ2v) is 9.43. The minimum absolute atomic E-state index is 0.398. The van der Waals surface area contributed by atoms with Crippen LogP contribution < -0.4 is 5.32 Å². The average Bonchev–Trinajstić information content (AvgIpc) is 3.07. The van der Waals surface area contributed by atoms with E-state index in [0.29, 0.717) is 22.7 Å². The molecule has 1 aliphatic rings. The van der Waals surface area contributed by atoms with Crippen LogP contribution in [0.5, 0.6) is 0 Å². The zero-order valence-electron chi connectivity index (χ0n) is 13.1.